The Bertz CT molecular complexity index is 1080. The summed E-state index contributed by atoms with van der Waals surface area (Å²) in [5.41, 5.74) is 2.09. The number of hydrogen-bond acceptors (Lipinski definition) is 5. The van der Waals surface area contributed by atoms with Crippen molar-refractivity contribution in [2.45, 2.75) is 37.8 Å². The molecule has 0 fully saturated rings. The summed E-state index contributed by atoms with van der Waals surface area (Å²) >= 11 is 0. The average molecular weight is 439 g/mol. The number of rotatable bonds is 7. The van der Waals surface area contributed by atoms with Crippen molar-refractivity contribution in [2.75, 3.05) is 16.8 Å². The van der Waals surface area contributed by atoms with Gasteiger partial charge in [-0.15, -0.1) is 0 Å². The molecule has 0 heterocycles. The molecule has 0 bridgehead atoms. The maximum absolute atomic E-state index is 12.8. The first-order valence-corrected chi connectivity index (χ1v) is 12.7. The summed E-state index contributed by atoms with van der Waals surface area (Å²) < 4.78 is 48.9. The first-order chi connectivity index (χ1) is 13.3. The molecular weight excluding hydrogens is 412 g/mol. The van der Waals surface area contributed by atoms with Crippen molar-refractivity contribution in [3.8, 4) is 0 Å². The van der Waals surface area contributed by atoms with Crippen LogP contribution in [-0.2, 0) is 24.7 Å². The van der Waals surface area contributed by atoms with Gasteiger partial charge in [0.25, 0.3) is 0 Å². The molecule has 29 heavy (non-hydrogen) atoms. The molecule has 0 saturated heterocycles. The van der Waals surface area contributed by atoms with E-state index in [4.69, 9.17) is 0 Å². The van der Waals surface area contributed by atoms with E-state index in [0.717, 1.165) is 22.4 Å². The lowest BCUT2D eigenvalue weighted by atomic mass is 10.1. The van der Waals surface area contributed by atoms with Crippen LogP contribution in [-0.4, -0.2) is 41.3 Å². The van der Waals surface area contributed by atoms with Crippen LogP contribution >= 0.6 is 0 Å². The van der Waals surface area contributed by atoms with Gasteiger partial charge in [0, 0.05) is 6.26 Å². The number of amides is 1. The summed E-state index contributed by atoms with van der Waals surface area (Å²) in [6.07, 6.45) is 2.18. The van der Waals surface area contributed by atoms with E-state index in [1.165, 1.54) is 19.1 Å². The smallest absolute Gasteiger partial charge is 0.244 e. The van der Waals surface area contributed by atoms with E-state index < -0.39 is 37.9 Å². The van der Waals surface area contributed by atoms with Gasteiger partial charge in [0.15, 0.2) is 9.84 Å². The summed E-state index contributed by atoms with van der Waals surface area (Å²) in [4.78, 5) is 13.0. The molecule has 0 saturated carbocycles. The molecule has 0 aromatic heterocycles. The van der Waals surface area contributed by atoms with E-state index in [0.29, 0.717) is 11.3 Å². The number of carbonyl (C=O) groups is 1. The first kappa shape index (κ1) is 22.9. The monoisotopic (exact) mass is 438 g/mol. The van der Waals surface area contributed by atoms with Crippen LogP contribution in [0.4, 0.5) is 5.69 Å². The summed E-state index contributed by atoms with van der Waals surface area (Å²) in [6, 6.07) is 11.7. The summed E-state index contributed by atoms with van der Waals surface area (Å²) in [7, 11) is -7.00. The van der Waals surface area contributed by atoms with Crippen molar-refractivity contribution in [2.24, 2.45) is 0 Å². The third-order valence-corrected chi connectivity index (χ3v) is 6.91. The fourth-order valence-corrected chi connectivity index (χ4v) is 4.73. The quantitative estimate of drug-likeness (QED) is 0.716. The van der Waals surface area contributed by atoms with Gasteiger partial charge in [-0.1, -0.05) is 29.8 Å². The average Bonchev–Trinajstić information content (AvgIpc) is 2.61. The van der Waals surface area contributed by atoms with Gasteiger partial charge in [0.1, 0.15) is 6.04 Å². The van der Waals surface area contributed by atoms with Crippen molar-refractivity contribution in [3.63, 3.8) is 0 Å². The normalized spacial score (nSPS) is 14.1. The molecule has 0 spiro atoms. The summed E-state index contributed by atoms with van der Waals surface area (Å²) in [5, 5.41) is 2.79. The summed E-state index contributed by atoms with van der Waals surface area (Å²) in [6.45, 7) is 5.16. The highest BCUT2D eigenvalue weighted by Gasteiger charge is 2.29. The van der Waals surface area contributed by atoms with Crippen LogP contribution in [0, 0.1) is 6.92 Å². The second-order valence-corrected chi connectivity index (χ2v) is 11.0. The third-order valence-electron chi connectivity index (χ3n) is 4.54. The zero-order valence-corrected chi connectivity index (χ0v) is 18.7. The lowest BCUT2D eigenvalue weighted by Gasteiger charge is -2.29. The standard InChI is InChI=1S/C20H26N2O5S2/c1-14-6-10-18(11-7-14)22(29(5,26)27)16(3)20(23)21-15(2)17-8-12-19(13-9-17)28(4,24)25/h6-13,15-16H,1-5H3,(H,21,23)/t15-,16-/m0/s1. The topological polar surface area (TPSA) is 101 Å². The van der Waals surface area contributed by atoms with Crippen LogP contribution < -0.4 is 9.62 Å². The van der Waals surface area contributed by atoms with Crippen molar-refractivity contribution in [1.82, 2.24) is 5.32 Å². The van der Waals surface area contributed by atoms with Crippen LogP contribution in [0.15, 0.2) is 53.4 Å². The Morgan fingerprint density at radius 1 is 0.897 bits per heavy atom. The maximum atomic E-state index is 12.8. The Morgan fingerprint density at radius 3 is 1.86 bits per heavy atom. The van der Waals surface area contributed by atoms with Crippen LogP contribution in [0.25, 0.3) is 0 Å². The molecule has 7 nitrogen and oxygen atoms in total. The number of benzene rings is 2. The molecule has 0 unspecified atom stereocenters. The molecule has 2 aromatic carbocycles. The third kappa shape index (κ3) is 5.80. The number of carbonyl (C=O) groups excluding carboxylic acids is 1. The molecular formula is C20H26N2O5S2. The number of nitrogens with zero attached hydrogens (tertiary/aromatic N) is 1. The van der Waals surface area contributed by atoms with Crippen LogP contribution in [0.5, 0.6) is 0 Å². The zero-order chi connectivity index (χ0) is 22.0. The van der Waals surface area contributed by atoms with Crippen molar-refractivity contribution < 1.29 is 21.6 Å². The lowest BCUT2D eigenvalue weighted by molar-refractivity contribution is -0.122. The Morgan fingerprint density at radius 2 is 1.41 bits per heavy atom. The number of sulfone groups is 1. The van der Waals surface area contributed by atoms with Gasteiger partial charge in [-0.05, 0) is 50.6 Å². The van der Waals surface area contributed by atoms with Crippen molar-refractivity contribution in [3.05, 3.63) is 59.7 Å². The highest BCUT2D eigenvalue weighted by Crippen LogP contribution is 2.22. The molecule has 2 aromatic rings. The van der Waals surface area contributed by atoms with E-state index in [1.54, 1.807) is 43.3 Å². The molecule has 2 atom stereocenters. The van der Waals surface area contributed by atoms with E-state index >= 15 is 0 Å². The minimum atomic E-state index is -3.69. The van der Waals surface area contributed by atoms with Gasteiger partial charge in [-0.2, -0.15) is 0 Å². The predicted octanol–water partition coefficient (Wildman–Crippen LogP) is 2.43. The Hall–Kier alpha value is -2.39. The van der Waals surface area contributed by atoms with Crippen molar-refractivity contribution >= 4 is 31.5 Å². The van der Waals surface area contributed by atoms with Gasteiger partial charge < -0.3 is 5.32 Å². The highest BCUT2D eigenvalue weighted by atomic mass is 32.2. The van der Waals surface area contributed by atoms with E-state index in [2.05, 4.69) is 5.32 Å². The second-order valence-electron chi connectivity index (χ2n) is 7.14. The van der Waals surface area contributed by atoms with Crippen LogP contribution in [0.3, 0.4) is 0 Å². The number of anilines is 1. The Labute approximate surface area is 172 Å². The number of hydrogen-bond donors (Lipinski definition) is 1. The minimum Gasteiger partial charge on any atom is -0.348 e. The fraction of sp³-hybridized carbons (Fsp3) is 0.350. The maximum Gasteiger partial charge on any atom is 0.244 e. The first-order valence-electron chi connectivity index (χ1n) is 8.97. The number of sulfonamides is 1. The molecule has 0 radical (unpaired) electrons. The number of aryl methyl sites for hydroxylation is 1. The van der Waals surface area contributed by atoms with E-state index in [1.807, 2.05) is 6.92 Å². The molecule has 1 N–H and O–H groups in total. The largest absolute Gasteiger partial charge is 0.348 e. The molecule has 2 rings (SSSR count). The Kier molecular flexibility index (Phi) is 6.74. The SMILES string of the molecule is Cc1ccc(N([C@@H](C)C(=O)N[C@@H](C)c2ccc(S(C)(=O)=O)cc2)S(C)(=O)=O)cc1. The molecule has 1 amide bonds. The number of nitrogens with one attached hydrogen (secondary N) is 1. The zero-order valence-electron chi connectivity index (χ0n) is 17.1. The van der Waals surface area contributed by atoms with Gasteiger partial charge in [-0.25, -0.2) is 16.8 Å². The second kappa shape index (κ2) is 8.54. The van der Waals surface area contributed by atoms with Crippen LogP contribution in [0.2, 0.25) is 0 Å². The van der Waals surface area contributed by atoms with Gasteiger partial charge >= 0.3 is 0 Å². The molecule has 9 heteroatoms. The van der Waals surface area contributed by atoms with Crippen LogP contribution in [0.1, 0.15) is 31.0 Å². The molecule has 0 aliphatic rings. The van der Waals surface area contributed by atoms with E-state index in [9.17, 15) is 21.6 Å². The summed E-state index contributed by atoms with van der Waals surface area (Å²) in [5.74, 6) is -0.462. The van der Waals surface area contributed by atoms with Gasteiger partial charge in [0.2, 0.25) is 15.9 Å². The lowest BCUT2D eigenvalue weighted by Crippen LogP contribution is -2.48. The highest BCUT2D eigenvalue weighted by molar-refractivity contribution is 7.92. The molecule has 158 valence electrons. The van der Waals surface area contributed by atoms with E-state index in [-0.39, 0.29) is 4.90 Å². The van der Waals surface area contributed by atoms with Crippen molar-refractivity contribution in [1.29, 1.82) is 0 Å². The fourth-order valence-electron chi connectivity index (χ4n) is 2.92. The van der Waals surface area contributed by atoms with Gasteiger partial charge in [-0.3, -0.25) is 9.10 Å². The Balaban J connectivity index is 2.22. The molecule has 0 aliphatic heterocycles. The molecule has 0 aliphatic carbocycles. The predicted molar refractivity (Wildman–Crippen MR) is 114 cm³/mol. The minimum absolute atomic E-state index is 0.191. The van der Waals surface area contributed by atoms with Gasteiger partial charge in [0.05, 0.1) is 22.9 Å².